The Morgan fingerprint density at radius 2 is 1.88 bits per heavy atom. The highest BCUT2D eigenvalue weighted by Gasteiger charge is 2.19. The van der Waals surface area contributed by atoms with E-state index in [4.69, 9.17) is 4.74 Å². The molecule has 94 valence electrons. The average molecular weight is 234 g/mol. The Hall–Kier alpha value is -1.51. The number of nitrogens with zero attached hydrogens (tertiary/aromatic N) is 2. The van der Waals surface area contributed by atoms with Crippen molar-refractivity contribution in [3.8, 4) is 5.88 Å². The van der Waals surface area contributed by atoms with Gasteiger partial charge in [0.25, 0.3) is 0 Å². The van der Waals surface area contributed by atoms with Gasteiger partial charge in [-0.2, -0.15) is 0 Å². The first kappa shape index (κ1) is 13.6. The molecule has 0 aromatic carbocycles. The van der Waals surface area contributed by atoms with Crippen LogP contribution in [0.3, 0.4) is 0 Å². The molecule has 0 saturated carbocycles. The van der Waals surface area contributed by atoms with Gasteiger partial charge in [-0.25, -0.2) is 4.98 Å². The molecule has 1 rings (SSSR count). The average Bonchev–Trinajstić information content (AvgIpc) is 2.27. The predicted octanol–water partition coefficient (Wildman–Crippen LogP) is 3.18. The van der Waals surface area contributed by atoms with Crippen LogP contribution in [0.15, 0.2) is 24.9 Å². The summed E-state index contributed by atoms with van der Waals surface area (Å²) in [5, 5.41) is 0. The maximum atomic E-state index is 5.28. The molecule has 0 aliphatic heterocycles. The number of hydrogen-bond acceptors (Lipinski definition) is 3. The molecule has 0 atom stereocenters. The highest BCUT2D eigenvalue weighted by molar-refractivity contribution is 5.66. The Morgan fingerprint density at radius 1 is 1.29 bits per heavy atom. The smallest absolute Gasteiger partial charge is 0.222 e. The number of pyridine rings is 1. The molecule has 0 spiro atoms. The van der Waals surface area contributed by atoms with Gasteiger partial charge in [0.2, 0.25) is 5.88 Å². The second-order valence-corrected chi connectivity index (χ2v) is 4.60. The summed E-state index contributed by atoms with van der Waals surface area (Å²) in [5.41, 5.74) is 1.91. The zero-order chi connectivity index (χ0) is 13.0. The van der Waals surface area contributed by atoms with Gasteiger partial charge in [-0.1, -0.05) is 6.58 Å². The quantitative estimate of drug-likeness (QED) is 0.782. The van der Waals surface area contributed by atoms with E-state index in [0.717, 1.165) is 11.3 Å². The van der Waals surface area contributed by atoms with Crippen LogP contribution in [0.25, 0.3) is 5.70 Å². The molecule has 0 N–H and O–H groups in total. The largest absolute Gasteiger partial charge is 0.481 e. The van der Waals surface area contributed by atoms with Crippen molar-refractivity contribution in [1.82, 2.24) is 9.88 Å². The fraction of sp³-hybridized carbons (Fsp3) is 0.500. The summed E-state index contributed by atoms with van der Waals surface area (Å²) in [6, 6.07) is 4.69. The molecular weight excluding hydrogens is 212 g/mol. The van der Waals surface area contributed by atoms with Gasteiger partial charge in [-0.3, -0.25) is 0 Å². The second-order valence-electron chi connectivity index (χ2n) is 4.60. The van der Waals surface area contributed by atoms with E-state index in [0.29, 0.717) is 18.0 Å². The Bertz CT molecular complexity index is 378. The van der Waals surface area contributed by atoms with E-state index < -0.39 is 0 Å². The van der Waals surface area contributed by atoms with Crippen molar-refractivity contribution < 1.29 is 4.74 Å². The summed E-state index contributed by atoms with van der Waals surface area (Å²) in [6.45, 7) is 12.8. The minimum absolute atomic E-state index is 0.396. The van der Waals surface area contributed by atoms with Crippen molar-refractivity contribution in [2.24, 2.45) is 0 Å². The van der Waals surface area contributed by atoms with Crippen LogP contribution in [0, 0.1) is 0 Å². The summed E-state index contributed by atoms with van der Waals surface area (Å²) in [6.07, 6.45) is 1.73. The van der Waals surface area contributed by atoms with E-state index in [9.17, 15) is 0 Å². The van der Waals surface area contributed by atoms with E-state index in [1.807, 2.05) is 12.1 Å². The molecular formula is C14H22N2O. The van der Waals surface area contributed by atoms with E-state index in [2.05, 4.69) is 44.2 Å². The highest BCUT2D eigenvalue weighted by Crippen LogP contribution is 2.27. The van der Waals surface area contributed by atoms with Gasteiger partial charge < -0.3 is 9.64 Å². The molecule has 1 aromatic heterocycles. The fourth-order valence-electron chi connectivity index (χ4n) is 2.13. The third-order valence-corrected chi connectivity index (χ3v) is 2.70. The number of methoxy groups -OCH3 is 1. The molecule has 3 nitrogen and oxygen atoms in total. The van der Waals surface area contributed by atoms with Crippen LogP contribution in [-0.2, 0) is 0 Å². The zero-order valence-corrected chi connectivity index (χ0v) is 11.4. The Morgan fingerprint density at radius 3 is 2.35 bits per heavy atom. The standard InChI is InChI=1S/C14H22N2O/c1-10(2)16(11(3)4)12(5)13-8-7-9-15-14(13)17-6/h7-11H,5H2,1-4,6H3. The van der Waals surface area contributed by atoms with Crippen LogP contribution >= 0.6 is 0 Å². The minimum atomic E-state index is 0.396. The van der Waals surface area contributed by atoms with Gasteiger partial charge in [0, 0.05) is 24.0 Å². The van der Waals surface area contributed by atoms with Gasteiger partial charge in [0.05, 0.1) is 12.7 Å². The molecule has 0 bridgehead atoms. The maximum absolute atomic E-state index is 5.28. The molecule has 1 heterocycles. The molecule has 0 unspecified atom stereocenters. The minimum Gasteiger partial charge on any atom is -0.481 e. The lowest BCUT2D eigenvalue weighted by atomic mass is 10.1. The Labute approximate surface area is 104 Å². The predicted molar refractivity (Wildman–Crippen MR) is 71.9 cm³/mol. The lowest BCUT2D eigenvalue weighted by Crippen LogP contribution is -2.35. The molecule has 1 aromatic rings. The van der Waals surface area contributed by atoms with Gasteiger partial charge in [0.1, 0.15) is 0 Å². The van der Waals surface area contributed by atoms with Crippen LogP contribution < -0.4 is 4.74 Å². The molecule has 17 heavy (non-hydrogen) atoms. The third-order valence-electron chi connectivity index (χ3n) is 2.70. The lowest BCUT2D eigenvalue weighted by Gasteiger charge is -2.35. The monoisotopic (exact) mass is 234 g/mol. The fourth-order valence-corrected chi connectivity index (χ4v) is 2.13. The second kappa shape index (κ2) is 5.71. The Kier molecular flexibility index (Phi) is 4.55. The Balaban J connectivity index is 3.09. The van der Waals surface area contributed by atoms with Crippen LogP contribution in [0.2, 0.25) is 0 Å². The van der Waals surface area contributed by atoms with Crippen LogP contribution in [-0.4, -0.2) is 29.1 Å². The summed E-state index contributed by atoms with van der Waals surface area (Å²) in [4.78, 5) is 6.47. The first-order valence-electron chi connectivity index (χ1n) is 5.95. The zero-order valence-electron chi connectivity index (χ0n) is 11.4. The van der Waals surface area contributed by atoms with Crippen LogP contribution in [0.1, 0.15) is 33.3 Å². The van der Waals surface area contributed by atoms with Gasteiger partial charge >= 0.3 is 0 Å². The topological polar surface area (TPSA) is 25.4 Å². The van der Waals surface area contributed by atoms with Crippen molar-refractivity contribution in [1.29, 1.82) is 0 Å². The molecule has 0 saturated heterocycles. The van der Waals surface area contributed by atoms with E-state index in [1.165, 1.54) is 0 Å². The van der Waals surface area contributed by atoms with Crippen molar-refractivity contribution in [3.63, 3.8) is 0 Å². The van der Waals surface area contributed by atoms with Crippen molar-refractivity contribution >= 4 is 5.70 Å². The number of rotatable bonds is 5. The van der Waals surface area contributed by atoms with Crippen LogP contribution in [0.5, 0.6) is 5.88 Å². The summed E-state index contributed by atoms with van der Waals surface area (Å²) in [5.74, 6) is 0.629. The molecule has 0 aliphatic carbocycles. The third kappa shape index (κ3) is 2.99. The summed E-state index contributed by atoms with van der Waals surface area (Å²) >= 11 is 0. The highest BCUT2D eigenvalue weighted by atomic mass is 16.5. The molecule has 0 aliphatic rings. The van der Waals surface area contributed by atoms with Crippen molar-refractivity contribution in [2.45, 2.75) is 39.8 Å². The molecule has 3 heteroatoms. The number of ether oxygens (including phenoxy) is 1. The lowest BCUT2D eigenvalue weighted by molar-refractivity contribution is 0.273. The first-order valence-corrected chi connectivity index (χ1v) is 5.95. The van der Waals surface area contributed by atoms with Crippen LogP contribution in [0.4, 0.5) is 0 Å². The number of hydrogen-bond donors (Lipinski definition) is 0. The SMILES string of the molecule is C=C(c1cccnc1OC)N(C(C)C)C(C)C. The van der Waals surface area contributed by atoms with Gasteiger partial charge in [-0.05, 0) is 39.8 Å². The van der Waals surface area contributed by atoms with Crippen molar-refractivity contribution in [3.05, 3.63) is 30.5 Å². The molecule has 0 radical (unpaired) electrons. The van der Waals surface area contributed by atoms with E-state index >= 15 is 0 Å². The van der Waals surface area contributed by atoms with E-state index in [1.54, 1.807) is 13.3 Å². The maximum Gasteiger partial charge on any atom is 0.222 e. The normalized spacial score (nSPS) is 10.8. The van der Waals surface area contributed by atoms with E-state index in [-0.39, 0.29) is 0 Å². The van der Waals surface area contributed by atoms with Gasteiger partial charge in [-0.15, -0.1) is 0 Å². The molecule has 0 fully saturated rings. The summed E-state index contributed by atoms with van der Waals surface area (Å²) < 4.78 is 5.28. The summed E-state index contributed by atoms with van der Waals surface area (Å²) in [7, 11) is 1.63. The molecule has 0 amide bonds. The number of aromatic nitrogens is 1. The van der Waals surface area contributed by atoms with Crippen molar-refractivity contribution in [2.75, 3.05) is 7.11 Å². The van der Waals surface area contributed by atoms with Gasteiger partial charge in [0.15, 0.2) is 0 Å². The first-order chi connectivity index (χ1) is 7.99.